The van der Waals surface area contributed by atoms with E-state index in [4.69, 9.17) is 10.4 Å². The summed E-state index contributed by atoms with van der Waals surface area (Å²) in [7, 11) is -4.12. The highest BCUT2D eigenvalue weighted by Gasteiger charge is 2.16. The first-order valence-electron chi connectivity index (χ1n) is 5.27. The van der Waals surface area contributed by atoms with Crippen molar-refractivity contribution in [3.63, 3.8) is 0 Å². The molecule has 2 aromatic rings. The van der Waals surface area contributed by atoms with Gasteiger partial charge in [0.05, 0.1) is 4.88 Å². The summed E-state index contributed by atoms with van der Waals surface area (Å²) in [5, 5.41) is 23.1. The molecule has 0 aliphatic heterocycles. The van der Waals surface area contributed by atoms with Crippen molar-refractivity contribution in [3.05, 3.63) is 46.7 Å². The lowest BCUT2D eigenvalue weighted by Gasteiger charge is -2.01. The van der Waals surface area contributed by atoms with E-state index in [9.17, 15) is 8.42 Å². The topological polar surface area (TPSA) is 99.8 Å². The summed E-state index contributed by atoms with van der Waals surface area (Å²) in [4.78, 5) is 0.343. The second-order valence-corrected chi connectivity index (χ2v) is 6.03. The predicted molar refractivity (Wildman–Crippen MR) is 72.8 cm³/mol. The molecule has 0 saturated heterocycles. The number of rotatable bonds is 4. The van der Waals surface area contributed by atoms with E-state index in [1.165, 1.54) is 35.6 Å². The van der Waals surface area contributed by atoms with Crippen LogP contribution >= 0.6 is 11.3 Å². The number of hydrogen-bond acceptors (Lipinski definition) is 7. The first kappa shape index (κ1) is 14.0. The molecule has 1 aromatic carbocycles. The fraction of sp³-hybridized carbons (Fsp3) is 0. The van der Waals surface area contributed by atoms with Crippen LogP contribution in [0.4, 0.5) is 0 Å². The number of phenolic OH excluding ortho intramolecular Hbond substituents is 1. The van der Waals surface area contributed by atoms with Crippen LogP contribution in [-0.2, 0) is 14.4 Å². The van der Waals surface area contributed by atoms with Crippen molar-refractivity contribution in [3.8, 4) is 11.8 Å². The maximum absolute atomic E-state index is 11.8. The quantitative estimate of drug-likeness (QED) is 0.688. The molecule has 2 rings (SSSR count). The van der Waals surface area contributed by atoms with Crippen LogP contribution in [0.25, 0.3) is 0 Å². The minimum atomic E-state index is -4.12. The van der Waals surface area contributed by atoms with Crippen molar-refractivity contribution in [2.75, 3.05) is 0 Å². The average Bonchev–Trinajstić information content (AvgIpc) is 2.94. The summed E-state index contributed by atoms with van der Waals surface area (Å²) in [6.07, 6.45) is 0. The Balaban J connectivity index is 2.25. The monoisotopic (exact) mass is 308 g/mol. The number of thiophene rings is 1. The molecular formula is C12H8N2O4S2. The summed E-state index contributed by atoms with van der Waals surface area (Å²) in [6.45, 7) is 0. The van der Waals surface area contributed by atoms with E-state index >= 15 is 0 Å². The molecule has 1 heterocycles. The highest BCUT2D eigenvalue weighted by molar-refractivity contribution is 7.86. The molecular weight excluding hydrogens is 300 g/mol. The molecule has 1 aromatic heterocycles. The zero-order chi connectivity index (χ0) is 14.6. The van der Waals surface area contributed by atoms with Crippen LogP contribution in [0.1, 0.15) is 4.88 Å². The number of aromatic hydroxyl groups is 1. The molecule has 0 amide bonds. The van der Waals surface area contributed by atoms with Crippen molar-refractivity contribution in [1.82, 2.24) is 0 Å². The molecule has 0 saturated carbocycles. The minimum Gasteiger partial charge on any atom is -0.508 e. The minimum absolute atomic E-state index is 0.0660. The van der Waals surface area contributed by atoms with Gasteiger partial charge in [-0.1, -0.05) is 11.2 Å². The largest absolute Gasteiger partial charge is 0.508 e. The van der Waals surface area contributed by atoms with Gasteiger partial charge < -0.3 is 5.11 Å². The van der Waals surface area contributed by atoms with Crippen molar-refractivity contribution >= 4 is 27.2 Å². The highest BCUT2D eigenvalue weighted by Crippen LogP contribution is 2.17. The van der Waals surface area contributed by atoms with E-state index in [-0.39, 0.29) is 16.4 Å². The van der Waals surface area contributed by atoms with Gasteiger partial charge in [-0.05, 0) is 35.7 Å². The second kappa shape index (κ2) is 5.73. The molecule has 0 aliphatic carbocycles. The molecule has 8 heteroatoms. The van der Waals surface area contributed by atoms with Crippen LogP contribution in [0.3, 0.4) is 0 Å². The average molecular weight is 308 g/mol. The summed E-state index contributed by atoms with van der Waals surface area (Å²) in [6, 6.07) is 9.89. The van der Waals surface area contributed by atoms with Gasteiger partial charge in [0.15, 0.2) is 5.71 Å². The molecule has 0 fully saturated rings. The van der Waals surface area contributed by atoms with Crippen molar-refractivity contribution < 1.29 is 17.8 Å². The maximum Gasteiger partial charge on any atom is 0.358 e. The first-order chi connectivity index (χ1) is 9.53. The molecule has 6 nitrogen and oxygen atoms in total. The van der Waals surface area contributed by atoms with Crippen LogP contribution < -0.4 is 0 Å². The summed E-state index contributed by atoms with van der Waals surface area (Å²) < 4.78 is 28.1. The number of nitriles is 1. The normalized spacial score (nSPS) is 11.8. The fourth-order valence-electron chi connectivity index (χ4n) is 1.28. The second-order valence-electron chi connectivity index (χ2n) is 3.55. The van der Waals surface area contributed by atoms with Crippen LogP contribution in [0.2, 0.25) is 0 Å². The van der Waals surface area contributed by atoms with E-state index in [2.05, 4.69) is 9.44 Å². The van der Waals surface area contributed by atoms with Gasteiger partial charge in [-0.3, -0.25) is 4.28 Å². The van der Waals surface area contributed by atoms with Gasteiger partial charge in [-0.15, -0.1) is 11.3 Å². The Hall–Kier alpha value is -2.37. The Morgan fingerprint density at radius 2 is 2.00 bits per heavy atom. The van der Waals surface area contributed by atoms with E-state index in [1.807, 2.05) is 0 Å². The molecule has 102 valence electrons. The Labute approximate surface area is 119 Å². The number of phenols is 1. The van der Waals surface area contributed by atoms with Gasteiger partial charge >= 0.3 is 10.1 Å². The predicted octanol–water partition coefficient (Wildman–Crippen LogP) is 2.09. The van der Waals surface area contributed by atoms with Gasteiger partial charge in [0.25, 0.3) is 0 Å². The third-order valence-electron chi connectivity index (χ3n) is 2.21. The number of oxime groups is 1. The third kappa shape index (κ3) is 3.14. The molecule has 0 aliphatic rings. The van der Waals surface area contributed by atoms with Crippen LogP contribution in [-0.4, -0.2) is 19.2 Å². The standard InChI is InChI=1S/C12H8N2O4S2/c13-8-11(12-2-1-7-19-12)14-18-20(16,17)10-5-3-9(15)4-6-10/h1-7,15H/b14-11+. The highest BCUT2D eigenvalue weighted by atomic mass is 32.2. The van der Waals surface area contributed by atoms with Crippen molar-refractivity contribution in [2.45, 2.75) is 4.90 Å². The van der Waals surface area contributed by atoms with Gasteiger partial charge in [0.1, 0.15) is 16.7 Å². The Morgan fingerprint density at radius 3 is 2.55 bits per heavy atom. The van der Waals surface area contributed by atoms with Crippen molar-refractivity contribution in [2.24, 2.45) is 5.16 Å². The Morgan fingerprint density at radius 1 is 1.30 bits per heavy atom. The third-order valence-corrected chi connectivity index (χ3v) is 4.21. The molecule has 0 spiro atoms. The van der Waals surface area contributed by atoms with E-state index in [1.54, 1.807) is 23.6 Å². The maximum atomic E-state index is 11.8. The number of benzene rings is 1. The van der Waals surface area contributed by atoms with Gasteiger partial charge in [-0.25, -0.2) is 0 Å². The first-order valence-corrected chi connectivity index (χ1v) is 7.56. The molecule has 0 unspecified atom stereocenters. The lowest BCUT2D eigenvalue weighted by molar-refractivity contribution is 0.339. The van der Waals surface area contributed by atoms with E-state index < -0.39 is 10.1 Å². The molecule has 1 N–H and O–H groups in total. The summed E-state index contributed by atoms with van der Waals surface area (Å²) in [5.41, 5.74) is -0.123. The van der Waals surface area contributed by atoms with Crippen LogP contribution in [0, 0.1) is 11.3 Å². The fourth-order valence-corrected chi connectivity index (χ4v) is 2.66. The Kier molecular flexibility index (Phi) is 4.02. The zero-order valence-electron chi connectivity index (χ0n) is 9.92. The van der Waals surface area contributed by atoms with Gasteiger partial charge in [0.2, 0.25) is 0 Å². The zero-order valence-corrected chi connectivity index (χ0v) is 11.6. The summed E-state index contributed by atoms with van der Waals surface area (Å²) in [5.74, 6) is -0.0660. The van der Waals surface area contributed by atoms with Gasteiger partial charge in [0, 0.05) is 0 Å². The van der Waals surface area contributed by atoms with E-state index in [0.29, 0.717) is 4.88 Å². The van der Waals surface area contributed by atoms with Crippen molar-refractivity contribution in [1.29, 1.82) is 5.26 Å². The Bertz CT molecular complexity index is 757. The molecule has 0 radical (unpaired) electrons. The van der Waals surface area contributed by atoms with Gasteiger partial charge in [-0.2, -0.15) is 13.7 Å². The molecule has 0 atom stereocenters. The SMILES string of the molecule is N#C/C(=N\OS(=O)(=O)c1ccc(O)cc1)c1cccs1. The number of nitrogens with zero attached hydrogens (tertiary/aromatic N) is 2. The number of hydrogen-bond donors (Lipinski definition) is 1. The lowest BCUT2D eigenvalue weighted by Crippen LogP contribution is -2.05. The van der Waals surface area contributed by atoms with E-state index in [0.717, 1.165) is 0 Å². The molecule has 0 bridgehead atoms. The molecule has 20 heavy (non-hydrogen) atoms. The smallest absolute Gasteiger partial charge is 0.358 e. The van der Waals surface area contributed by atoms with Crippen LogP contribution in [0.5, 0.6) is 5.75 Å². The van der Waals surface area contributed by atoms with Crippen LogP contribution in [0.15, 0.2) is 51.8 Å². The summed E-state index contributed by atoms with van der Waals surface area (Å²) >= 11 is 1.24. The lowest BCUT2D eigenvalue weighted by atomic mass is 10.3.